The number of rotatable bonds is 6. The molecule has 0 saturated heterocycles. The summed E-state index contributed by atoms with van der Waals surface area (Å²) >= 11 is 0. The zero-order valence-electron chi connectivity index (χ0n) is 30.0. The Morgan fingerprint density at radius 1 is 0.339 bits per heavy atom. The Morgan fingerprint density at radius 3 is 1.95 bits per heavy atom. The van der Waals surface area contributed by atoms with E-state index in [1.54, 1.807) is 0 Å². The molecule has 0 aliphatic rings. The summed E-state index contributed by atoms with van der Waals surface area (Å²) in [4.78, 5) is 23.7. The van der Waals surface area contributed by atoms with E-state index in [2.05, 4.69) is 146 Å². The molecule has 262 valence electrons. The minimum Gasteiger partial charge on any atom is -0.309 e. The molecule has 0 aliphatic heterocycles. The summed E-state index contributed by atoms with van der Waals surface area (Å²) in [6.07, 6.45) is 9.41. The van der Waals surface area contributed by atoms with E-state index >= 15 is 0 Å². The van der Waals surface area contributed by atoms with Gasteiger partial charge in [0.05, 0.1) is 50.4 Å². The molecular formula is C49H31N7. The molecule has 0 atom stereocenters. The SMILES string of the molecule is c1cc(-c2ccnc(-c3ccc(-c4cccc(-c5ccc(-n6c7ccccc7c7ncccc76)cc5)n4)nc3)c2)cc(-n2c3ccccc3c3cnccc32)c1. The molecule has 0 fully saturated rings. The summed E-state index contributed by atoms with van der Waals surface area (Å²) in [5, 5.41) is 3.47. The van der Waals surface area contributed by atoms with Gasteiger partial charge in [-0.1, -0.05) is 66.7 Å². The van der Waals surface area contributed by atoms with Crippen LogP contribution in [-0.2, 0) is 0 Å². The highest BCUT2D eigenvalue weighted by atomic mass is 15.0. The van der Waals surface area contributed by atoms with Gasteiger partial charge in [-0.2, -0.15) is 0 Å². The van der Waals surface area contributed by atoms with Gasteiger partial charge in [0.25, 0.3) is 0 Å². The maximum absolute atomic E-state index is 5.03. The van der Waals surface area contributed by atoms with E-state index in [0.29, 0.717) is 0 Å². The second-order valence-electron chi connectivity index (χ2n) is 13.8. The highest BCUT2D eigenvalue weighted by Gasteiger charge is 2.15. The Morgan fingerprint density at radius 2 is 1.07 bits per heavy atom. The summed E-state index contributed by atoms with van der Waals surface area (Å²) < 4.78 is 4.58. The van der Waals surface area contributed by atoms with Crippen LogP contribution in [0.2, 0.25) is 0 Å². The molecule has 0 amide bonds. The molecule has 0 N–H and O–H groups in total. The third kappa shape index (κ3) is 5.25. The first-order chi connectivity index (χ1) is 27.8. The molecule has 0 unspecified atom stereocenters. The van der Waals surface area contributed by atoms with Crippen LogP contribution in [0.5, 0.6) is 0 Å². The molecule has 11 aromatic rings. The molecule has 7 heteroatoms. The van der Waals surface area contributed by atoms with Gasteiger partial charge in [-0.3, -0.25) is 19.9 Å². The van der Waals surface area contributed by atoms with E-state index in [0.717, 1.165) is 94.8 Å². The van der Waals surface area contributed by atoms with Crippen molar-refractivity contribution in [1.82, 2.24) is 34.1 Å². The Hall–Kier alpha value is -7.77. The fraction of sp³-hybridized carbons (Fsp3) is 0. The fourth-order valence-corrected chi connectivity index (χ4v) is 7.96. The van der Waals surface area contributed by atoms with Crippen LogP contribution >= 0.6 is 0 Å². The lowest BCUT2D eigenvalue weighted by molar-refractivity contribution is 1.17. The number of hydrogen-bond donors (Lipinski definition) is 0. The average Bonchev–Trinajstić information content (AvgIpc) is 3.80. The first-order valence-corrected chi connectivity index (χ1v) is 18.6. The van der Waals surface area contributed by atoms with Gasteiger partial charge >= 0.3 is 0 Å². The van der Waals surface area contributed by atoms with Gasteiger partial charge in [-0.15, -0.1) is 0 Å². The molecule has 0 bridgehead atoms. The molecule has 0 saturated carbocycles. The predicted octanol–water partition coefficient (Wildman–Crippen LogP) is 11.5. The third-order valence-corrected chi connectivity index (χ3v) is 10.6. The van der Waals surface area contributed by atoms with Crippen molar-refractivity contribution in [3.8, 4) is 56.4 Å². The molecule has 7 nitrogen and oxygen atoms in total. The summed E-state index contributed by atoms with van der Waals surface area (Å²) in [5.41, 5.74) is 15.2. The van der Waals surface area contributed by atoms with E-state index in [-0.39, 0.29) is 0 Å². The Kier molecular flexibility index (Phi) is 7.35. The number of benzene rings is 4. The largest absolute Gasteiger partial charge is 0.309 e. The Labute approximate surface area is 321 Å². The lowest BCUT2D eigenvalue weighted by Crippen LogP contribution is -1.95. The van der Waals surface area contributed by atoms with Crippen LogP contribution in [0.25, 0.3) is 100 Å². The molecule has 4 aromatic carbocycles. The van der Waals surface area contributed by atoms with Gasteiger partial charge in [0.15, 0.2) is 0 Å². The third-order valence-electron chi connectivity index (χ3n) is 10.6. The smallest absolute Gasteiger partial charge is 0.0963 e. The standard InChI is InChI=1S/C49H31N7/c1-3-14-45-38(10-1)40-31-50-26-24-47(40)56(45)37-9-5-8-33(28-37)34-23-27-51-44(29-34)35-19-22-42(53-30-35)43-13-6-12-41(54-43)32-17-20-36(21-18-32)55-46-15-4-2-11-39(46)49-48(55)16-7-25-52-49/h1-31H. The highest BCUT2D eigenvalue weighted by Crippen LogP contribution is 2.35. The molecular weight excluding hydrogens is 687 g/mol. The maximum Gasteiger partial charge on any atom is 0.0963 e. The number of aromatic nitrogens is 7. The van der Waals surface area contributed by atoms with Crippen LogP contribution in [0.15, 0.2) is 189 Å². The first kappa shape index (κ1) is 31.7. The maximum atomic E-state index is 5.03. The number of pyridine rings is 5. The van der Waals surface area contributed by atoms with Gasteiger partial charge in [-0.25, -0.2) is 4.98 Å². The second-order valence-corrected chi connectivity index (χ2v) is 13.8. The van der Waals surface area contributed by atoms with Gasteiger partial charge in [-0.05, 0) is 102 Å². The van der Waals surface area contributed by atoms with Crippen molar-refractivity contribution in [1.29, 1.82) is 0 Å². The predicted molar refractivity (Wildman–Crippen MR) is 226 cm³/mol. The van der Waals surface area contributed by atoms with Gasteiger partial charge in [0, 0.05) is 69.6 Å². The fourth-order valence-electron chi connectivity index (χ4n) is 7.96. The summed E-state index contributed by atoms with van der Waals surface area (Å²) in [6, 6.07) is 54.7. The first-order valence-electron chi connectivity index (χ1n) is 18.6. The van der Waals surface area contributed by atoms with E-state index in [4.69, 9.17) is 15.0 Å². The van der Waals surface area contributed by atoms with E-state index in [1.807, 2.05) is 61.3 Å². The van der Waals surface area contributed by atoms with Crippen LogP contribution < -0.4 is 0 Å². The molecule has 56 heavy (non-hydrogen) atoms. The molecule has 11 rings (SSSR count). The van der Waals surface area contributed by atoms with Crippen molar-refractivity contribution in [2.45, 2.75) is 0 Å². The zero-order valence-corrected chi connectivity index (χ0v) is 30.0. The molecule has 7 aromatic heterocycles. The molecule has 0 spiro atoms. The lowest BCUT2D eigenvalue weighted by atomic mass is 10.0. The van der Waals surface area contributed by atoms with Crippen molar-refractivity contribution in [2.24, 2.45) is 0 Å². The minimum atomic E-state index is 0.801. The molecule has 0 aliphatic carbocycles. The van der Waals surface area contributed by atoms with Crippen molar-refractivity contribution in [2.75, 3.05) is 0 Å². The second kappa shape index (κ2) is 13.0. The van der Waals surface area contributed by atoms with Crippen LogP contribution in [0.1, 0.15) is 0 Å². The zero-order chi connectivity index (χ0) is 37.0. The highest BCUT2D eigenvalue weighted by molar-refractivity contribution is 6.09. The van der Waals surface area contributed by atoms with Crippen molar-refractivity contribution >= 4 is 43.7 Å². The monoisotopic (exact) mass is 717 g/mol. The van der Waals surface area contributed by atoms with Crippen molar-refractivity contribution in [3.05, 3.63) is 189 Å². The van der Waals surface area contributed by atoms with Crippen LogP contribution in [0.4, 0.5) is 0 Å². The summed E-state index contributed by atoms with van der Waals surface area (Å²) in [6.45, 7) is 0. The van der Waals surface area contributed by atoms with E-state index < -0.39 is 0 Å². The van der Waals surface area contributed by atoms with E-state index in [9.17, 15) is 0 Å². The van der Waals surface area contributed by atoms with Gasteiger partial charge in [0.2, 0.25) is 0 Å². The van der Waals surface area contributed by atoms with Gasteiger partial charge in [0.1, 0.15) is 0 Å². The topological polar surface area (TPSA) is 74.3 Å². The van der Waals surface area contributed by atoms with Crippen molar-refractivity contribution < 1.29 is 0 Å². The normalized spacial score (nSPS) is 11.6. The number of para-hydroxylation sites is 2. The van der Waals surface area contributed by atoms with Crippen LogP contribution in [0, 0.1) is 0 Å². The number of hydrogen-bond acceptors (Lipinski definition) is 5. The Bertz CT molecular complexity index is 3140. The van der Waals surface area contributed by atoms with Crippen molar-refractivity contribution in [3.63, 3.8) is 0 Å². The van der Waals surface area contributed by atoms with Gasteiger partial charge < -0.3 is 9.13 Å². The number of nitrogens with zero attached hydrogens (tertiary/aromatic N) is 7. The molecule has 7 heterocycles. The quantitative estimate of drug-likeness (QED) is 0.171. The Balaban J connectivity index is 0.871. The molecule has 0 radical (unpaired) electrons. The van der Waals surface area contributed by atoms with Crippen LogP contribution in [-0.4, -0.2) is 34.1 Å². The number of fused-ring (bicyclic) bond motifs is 6. The average molecular weight is 718 g/mol. The lowest BCUT2D eigenvalue weighted by Gasteiger charge is -2.11. The van der Waals surface area contributed by atoms with E-state index in [1.165, 1.54) is 5.39 Å². The van der Waals surface area contributed by atoms with Crippen LogP contribution in [0.3, 0.4) is 0 Å². The summed E-state index contributed by atoms with van der Waals surface area (Å²) in [5.74, 6) is 0. The summed E-state index contributed by atoms with van der Waals surface area (Å²) in [7, 11) is 0. The minimum absolute atomic E-state index is 0.801.